The number of rotatable bonds is 7. The largest absolute Gasteiger partial charge is 0.481 e. The molecule has 1 heterocycles. The van der Waals surface area contributed by atoms with Crippen molar-refractivity contribution in [2.75, 3.05) is 52.4 Å². The van der Waals surface area contributed by atoms with Gasteiger partial charge in [0.15, 0.2) is 0 Å². The summed E-state index contributed by atoms with van der Waals surface area (Å²) in [6.07, 6.45) is -0.593. The molecular weight excluding hydrogens is 338 g/mol. The molecule has 0 bridgehead atoms. The zero-order valence-electron chi connectivity index (χ0n) is 13.9. The third-order valence-electron chi connectivity index (χ3n) is 3.21. The molecule has 0 aromatic rings. The molecule has 0 spiro atoms. The molecule has 0 atom stereocenters. The lowest BCUT2D eigenvalue weighted by Gasteiger charge is -2.23. The molecule has 0 aromatic heterocycles. The quantitative estimate of drug-likeness (QED) is 0.349. The predicted molar refractivity (Wildman–Crippen MR) is 85.5 cm³/mol. The van der Waals surface area contributed by atoms with Crippen molar-refractivity contribution in [3.05, 3.63) is 0 Å². The lowest BCUT2D eigenvalue weighted by molar-refractivity contribution is -0.143. The number of hydrogen-bond donors (Lipinski definition) is 5. The van der Waals surface area contributed by atoms with Crippen LogP contribution in [0.2, 0.25) is 0 Å². The Labute approximate surface area is 144 Å². The van der Waals surface area contributed by atoms with E-state index in [0.29, 0.717) is 26.2 Å². The fourth-order valence-corrected chi connectivity index (χ4v) is 2.02. The summed E-state index contributed by atoms with van der Waals surface area (Å²) in [4.78, 5) is 44.2. The van der Waals surface area contributed by atoms with E-state index in [1.165, 1.54) is 0 Å². The van der Waals surface area contributed by atoms with E-state index in [2.05, 4.69) is 5.32 Å². The molecule has 5 N–H and O–H groups in total. The number of carboxylic acid groups (broad SMARTS) is 4. The molecule has 0 aliphatic carbocycles. The van der Waals surface area contributed by atoms with Crippen molar-refractivity contribution >= 4 is 23.9 Å². The molecule has 11 heteroatoms. The lowest BCUT2D eigenvalue weighted by atomic mass is 10.3. The third kappa shape index (κ3) is 15.1. The van der Waals surface area contributed by atoms with Crippen molar-refractivity contribution in [2.24, 2.45) is 0 Å². The van der Waals surface area contributed by atoms with Crippen LogP contribution in [0.5, 0.6) is 0 Å². The molecule has 1 fully saturated rings. The van der Waals surface area contributed by atoms with E-state index in [1.807, 2.05) is 9.80 Å². The van der Waals surface area contributed by atoms with Crippen LogP contribution >= 0.6 is 0 Å². The molecular formula is C14H25N3O8. The molecule has 0 radical (unpaired) electrons. The van der Waals surface area contributed by atoms with Crippen LogP contribution in [-0.4, -0.2) is 106 Å². The number of aliphatic carboxylic acids is 4. The Hall–Kier alpha value is -2.24. The van der Waals surface area contributed by atoms with Gasteiger partial charge in [-0.2, -0.15) is 0 Å². The van der Waals surface area contributed by atoms with Gasteiger partial charge >= 0.3 is 23.9 Å². The van der Waals surface area contributed by atoms with Gasteiger partial charge in [-0.25, -0.2) is 0 Å². The third-order valence-corrected chi connectivity index (χ3v) is 3.21. The Morgan fingerprint density at radius 2 is 1.00 bits per heavy atom. The molecule has 0 unspecified atom stereocenters. The minimum absolute atomic E-state index is 0.00257. The zero-order chi connectivity index (χ0) is 19.2. The Balaban J connectivity index is 0.000000609. The summed E-state index contributed by atoms with van der Waals surface area (Å²) in [5.41, 5.74) is 0. The first-order valence-electron chi connectivity index (χ1n) is 7.73. The number of carbonyl (C=O) groups is 4. The Morgan fingerprint density at radius 3 is 1.28 bits per heavy atom. The molecule has 144 valence electrons. The van der Waals surface area contributed by atoms with Crippen LogP contribution in [0.1, 0.15) is 12.8 Å². The minimum Gasteiger partial charge on any atom is -0.481 e. The van der Waals surface area contributed by atoms with Crippen LogP contribution in [-0.2, 0) is 19.2 Å². The normalized spacial score (nSPS) is 16.5. The lowest BCUT2D eigenvalue weighted by Crippen LogP contribution is -2.40. The highest BCUT2D eigenvalue weighted by molar-refractivity contribution is 5.75. The molecule has 11 nitrogen and oxygen atoms in total. The van der Waals surface area contributed by atoms with Crippen molar-refractivity contribution in [3.63, 3.8) is 0 Å². The van der Waals surface area contributed by atoms with E-state index in [0.717, 1.165) is 13.1 Å². The molecule has 1 aliphatic heterocycles. The second-order valence-electron chi connectivity index (χ2n) is 5.38. The molecule has 1 rings (SSSR count). The maximum atomic E-state index is 10.6. The second-order valence-corrected chi connectivity index (χ2v) is 5.38. The van der Waals surface area contributed by atoms with Gasteiger partial charge in [0.05, 0.1) is 25.9 Å². The van der Waals surface area contributed by atoms with Crippen LogP contribution in [0.3, 0.4) is 0 Å². The van der Waals surface area contributed by atoms with Crippen LogP contribution in [0.4, 0.5) is 0 Å². The van der Waals surface area contributed by atoms with Crippen LogP contribution < -0.4 is 5.32 Å². The van der Waals surface area contributed by atoms with Gasteiger partial charge in [-0.15, -0.1) is 0 Å². The summed E-state index contributed by atoms with van der Waals surface area (Å²) in [7, 11) is 0. The summed E-state index contributed by atoms with van der Waals surface area (Å²) in [6.45, 7) is 3.98. The van der Waals surface area contributed by atoms with E-state index < -0.39 is 23.9 Å². The monoisotopic (exact) mass is 363 g/mol. The minimum atomic E-state index is -1.08. The van der Waals surface area contributed by atoms with E-state index >= 15 is 0 Å². The van der Waals surface area contributed by atoms with Gasteiger partial charge in [0.1, 0.15) is 0 Å². The van der Waals surface area contributed by atoms with Crippen molar-refractivity contribution in [1.29, 1.82) is 0 Å². The molecule has 1 saturated heterocycles. The molecule has 0 saturated carbocycles. The number of carboxylic acids is 4. The highest BCUT2D eigenvalue weighted by atomic mass is 16.4. The SMILES string of the molecule is O=C(O)CCC(=O)O.O=C(O)CN1CCNCCN(CC(=O)O)CC1. The molecule has 1 aliphatic rings. The molecule has 25 heavy (non-hydrogen) atoms. The average molecular weight is 363 g/mol. The van der Waals surface area contributed by atoms with Gasteiger partial charge in [0.25, 0.3) is 0 Å². The van der Waals surface area contributed by atoms with E-state index in [4.69, 9.17) is 20.4 Å². The Morgan fingerprint density at radius 1 is 0.640 bits per heavy atom. The highest BCUT2D eigenvalue weighted by Crippen LogP contribution is 1.95. The number of hydrogen-bond acceptors (Lipinski definition) is 7. The molecule has 0 aromatic carbocycles. The van der Waals surface area contributed by atoms with E-state index in [-0.39, 0.29) is 25.9 Å². The fraction of sp³-hybridized carbons (Fsp3) is 0.714. The second kappa shape index (κ2) is 13.1. The van der Waals surface area contributed by atoms with Gasteiger partial charge in [0.2, 0.25) is 0 Å². The zero-order valence-corrected chi connectivity index (χ0v) is 13.9. The van der Waals surface area contributed by atoms with E-state index in [1.54, 1.807) is 0 Å². The standard InChI is InChI=1S/C10H19N3O4.C4H6O4/c14-9(15)7-12-3-1-11-2-4-13(6-5-12)8-10(16)17;5-3(6)1-2-4(7)8/h11H,1-8H2,(H,14,15)(H,16,17);1-2H2,(H,5,6)(H,7,8). The summed E-state index contributed by atoms with van der Waals surface area (Å²) in [6, 6.07) is 0. The van der Waals surface area contributed by atoms with Crippen molar-refractivity contribution < 1.29 is 39.6 Å². The van der Waals surface area contributed by atoms with Crippen LogP contribution in [0, 0.1) is 0 Å². The van der Waals surface area contributed by atoms with Crippen LogP contribution in [0.15, 0.2) is 0 Å². The Kier molecular flexibility index (Phi) is 11.9. The topological polar surface area (TPSA) is 168 Å². The highest BCUT2D eigenvalue weighted by Gasteiger charge is 2.15. The smallest absolute Gasteiger partial charge is 0.317 e. The van der Waals surface area contributed by atoms with Gasteiger partial charge in [0, 0.05) is 39.3 Å². The summed E-state index contributed by atoms with van der Waals surface area (Å²) >= 11 is 0. The van der Waals surface area contributed by atoms with Crippen molar-refractivity contribution in [1.82, 2.24) is 15.1 Å². The van der Waals surface area contributed by atoms with Gasteiger partial charge in [-0.1, -0.05) is 0 Å². The number of nitrogens with zero attached hydrogens (tertiary/aromatic N) is 2. The predicted octanol–water partition coefficient (Wildman–Crippen LogP) is -1.70. The first-order valence-corrected chi connectivity index (χ1v) is 7.73. The van der Waals surface area contributed by atoms with Gasteiger partial charge in [-0.3, -0.25) is 29.0 Å². The first kappa shape index (κ1) is 22.8. The molecule has 0 amide bonds. The van der Waals surface area contributed by atoms with Crippen molar-refractivity contribution in [2.45, 2.75) is 12.8 Å². The van der Waals surface area contributed by atoms with E-state index in [9.17, 15) is 19.2 Å². The fourth-order valence-electron chi connectivity index (χ4n) is 2.02. The van der Waals surface area contributed by atoms with Gasteiger partial charge < -0.3 is 25.7 Å². The first-order chi connectivity index (χ1) is 11.7. The van der Waals surface area contributed by atoms with Crippen LogP contribution in [0.25, 0.3) is 0 Å². The average Bonchev–Trinajstić information content (AvgIpc) is 2.58. The maximum Gasteiger partial charge on any atom is 0.317 e. The Bertz CT molecular complexity index is 417. The summed E-state index contributed by atoms with van der Waals surface area (Å²) in [5, 5.41) is 36.4. The van der Waals surface area contributed by atoms with Gasteiger partial charge in [-0.05, 0) is 0 Å². The summed E-state index contributed by atoms with van der Waals surface area (Å²) < 4.78 is 0. The van der Waals surface area contributed by atoms with Crippen molar-refractivity contribution in [3.8, 4) is 0 Å². The maximum absolute atomic E-state index is 10.6. The summed E-state index contributed by atoms with van der Waals surface area (Å²) in [5.74, 6) is -3.86. The number of nitrogens with one attached hydrogen (secondary N) is 1.